The molecule has 0 bridgehead atoms. The molecule has 0 saturated carbocycles. The summed E-state index contributed by atoms with van der Waals surface area (Å²) in [6.45, 7) is 2.10. The number of rotatable bonds is 6. The Hall–Kier alpha value is -0.0700. The zero-order valence-corrected chi connectivity index (χ0v) is 14.2. The monoisotopic (exact) mass is 397 g/mol. The zero-order valence-electron chi connectivity index (χ0n) is 10.2. The van der Waals surface area contributed by atoms with Gasteiger partial charge in [-0.1, -0.05) is 26.2 Å². The Morgan fingerprint density at radius 2 is 1.67 bits per heavy atom. The molecule has 0 heterocycles. The van der Waals surface area contributed by atoms with Crippen LogP contribution in [0.2, 0.25) is 0 Å². The van der Waals surface area contributed by atoms with Crippen molar-refractivity contribution in [2.75, 3.05) is 11.5 Å². The molecule has 102 valence electrons. The first kappa shape index (κ1) is 16.0. The van der Waals surface area contributed by atoms with Crippen molar-refractivity contribution in [3.05, 3.63) is 21.1 Å². The Kier molecular flexibility index (Phi) is 6.14. The second-order valence-corrected chi connectivity index (χ2v) is 7.95. The second kappa shape index (κ2) is 6.91. The van der Waals surface area contributed by atoms with Gasteiger partial charge in [0, 0.05) is 14.6 Å². The van der Waals surface area contributed by atoms with E-state index in [-0.39, 0.29) is 5.75 Å². The largest absolute Gasteiger partial charge is 0.399 e. The average molecular weight is 399 g/mol. The van der Waals surface area contributed by atoms with Crippen LogP contribution in [-0.2, 0) is 9.84 Å². The summed E-state index contributed by atoms with van der Waals surface area (Å²) in [7, 11) is -3.27. The van der Waals surface area contributed by atoms with E-state index in [1.54, 1.807) is 12.1 Å². The van der Waals surface area contributed by atoms with Gasteiger partial charge in [0.15, 0.2) is 9.84 Å². The van der Waals surface area contributed by atoms with Crippen molar-refractivity contribution in [1.29, 1.82) is 0 Å². The highest BCUT2D eigenvalue weighted by atomic mass is 79.9. The number of unbranched alkanes of at least 4 members (excludes halogenated alkanes) is 3. The van der Waals surface area contributed by atoms with E-state index in [2.05, 4.69) is 38.8 Å². The van der Waals surface area contributed by atoms with E-state index in [4.69, 9.17) is 5.73 Å². The molecule has 0 amide bonds. The molecule has 0 unspecified atom stereocenters. The standard InChI is InChI=1S/C12H17Br2NO2S/c1-2-3-4-5-6-18(16,17)12-10(13)7-9(15)8-11(12)14/h7-8H,2-6,15H2,1H3. The molecule has 0 atom stereocenters. The van der Waals surface area contributed by atoms with Gasteiger partial charge < -0.3 is 5.73 Å². The molecule has 0 aliphatic heterocycles. The van der Waals surface area contributed by atoms with Gasteiger partial charge in [-0.25, -0.2) is 8.42 Å². The SMILES string of the molecule is CCCCCCS(=O)(=O)c1c(Br)cc(N)cc1Br. The van der Waals surface area contributed by atoms with Crippen molar-refractivity contribution in [1.82, 2.24) is 0 Å². The van der Waals surface area contributed by atoms with E-state index in [1.165, 1.54) is 0 Å². The highest BCUT2D eigenvalue weighted by molar-refractivity contribution is 9.11. The molecule has 1 aromatic rings. The van der Waals surface area contributed by atoms with Crippen molar-refractivity contribution in [3.8, 4) is 0 Å². The summed E-state index contributed by atoms with van der Waals surface area (Å²) >= 11 is 6.53. The summed E-state index contributed by atoms with van der Waals surface area (Å²) in [5.41, 5.74) is 6.18. The fourth-order valence-corrected chi connectivity index (χ4v) is 5.90. The molecule has 0 aliphatic carbocycles. The molecule has 0 fully saturated rings. The molecule has 0 radical (unpaired) electrons. The summed E-state index contributed by atoms with van der Waals surface area (Å²) < 4.78 is 25.5. The summed E-state index contributed by atoms with van der Waals surface area (Å²) in [6, 6.07) is 3.23. The van der Waals surface area contributed by atoms with Crippen LogP contribution in [0.25, 0.3) is 0 Å². The molecule has 0 spiro atoms. The number of nitrogen functional groups attached to an aromatic ring is 1. The molecule has 6 heteroatoms. The first-order chi connectivity index (χ1) is 8.38. The van der Waals surface area contributed by atoms with Crippen LogP contribution in [0.4, 0.5) is 5.69 Å². The maximum absolute atomic E-state index is 12.2. The van der Waals surface area contributed by atoms with Gasteiger partial charge in [0.1, 0.15) is 0 Å². The van der Waals surface area contributed by atoms with Gasteiger partial charge in [-0.3, -0.25) is 0 Å². The zero-order chi connectivity index (χ0) is 13.8. The third-order valence-electron chi connectivity index (χ3n) is 2.60. The minimum absolute atomic E-state index is 0.175. The van der Waals surface area contributed by atoms with Gasteiger partial charge in [0.2, 0.25) is 0 Å². The Morgan fingerprint density at radius 3 is 2.17 bits per heavy atom. The Morgan fingerprint density at radius 1 is 1.11 bits per heavy atom. The maximum atomic E-state index is 12.2. The van der Waals surface area contributed by atoms with Gasteiger partial charge in [-0.15, -0.1) is 0 Å². The Labute approximate surface area is 125 Å². The number of anilines is 1. The van der Waals surface area contributed by atoms with Crippen LogP contribution < -0.4 is 5.73 Å². The third kappa shape index (κ3) is 4.24. The van der Waals surface area contributed by atoms with E-state index in [0.29, 0.717) is 25.9 Å². The molecule has 2 N–H and O–H groups in total. The summed E-state index contributed by atoms with van der Waals surface area (Å²) in [6.07, 6.45) is 3.80. The lowest BCUT2D eigenvalue weighted by Crippen LogP contribution is -2.09. The Balaban J connectivity index is 2.92. The van der Waals surface area contributed by atoms with E-state index < -0.39 is 9.84 Å². The molecule has 0 aliphatic rings. The number of nitrogens with two attached hydrogens (primary N) is 1. The van der Waals surface area contributed by atoms with Crippen LogP contribution in [0.3, 0.4) is 0 Å². The van der Waals surface area contributed by atoms with Gasteiger partial charge in [-0.2, -0.15) is 0 Å². The topological polar surface area (TPSA) is 60.2 Å². The number of halogens is 2. The highest BCUT2D eigenvalue weighted by Crippen LogP contribution is 2.33. The van der Waals surface area contributed by atoms with Gasteiger partial charge in [0.05, 0.1) is 10.6 Å². The normalized spacial score (nSPS) is 11.7. The quantitative estimate of drug-likeness (QED) is 0.578. The van der Waals surface area contributed by atoms with Crippen LogP contribution in [-0.4, -0.2) is 14.2 Å². The highest BCUT2D eigenvalue weighted by Gasteiger charge is 2.21. The smallest absolute Gasteiger partial charge is 0.180 e. The Bertz CT molecular complexity index is 492. The number of benzene rings is 1. The van der Waals surface area contributed by atoms with Crippen LogP contribution in [0.1, 0.15) is 32.6 Å². The molecule has 0 saturated heterocycles. The summed E-state index contributed by atoms with van der Waals surface area (Å²) in [5.74, 6) is 0.175. The van der Waals surface area contributed by atoms with Crippen molar-refractivity contribution in [2.45, 2.75) is 37.5 Å². The van der Waals surface area contributed by atoms with Crippen molar-refractivity contribution >= 4 is 47.4 Å². The molecular weight excluding hydrogens is 382 g/mol. The minimum Gasteiger partial charge on any atom is -0.399 e. The van der Waals surface area contributed by atoms with Gasteiger partial charge in [-0.05, 0) is 50.4 Å². The molecule has 0 aromatic heterocycles. The van der Waals surface area contributed by atoms with Crippen LogP contribution in [0.5, 0.6) is 0 Å². The predicted octanol–water partition coefficient (Wildman–Crippen LogP) is 4.15. The molecule has 3 nitrogen and oxygen atoms in total. The fourth-order valence-electron chi connectivity index (χ4n) is 1.70. The van der Waals surface area contributed by atoms with Crippen molar-refractivity contribution in [2.24, 2.45) is 0 Å². The molecule has 1 aromatic carbocycles. The molecule has 18 heavy (non-hydrogen) atoms. The van der Waals surface area contributed by atoms with Crippen molar-refractivity contribution in [3.63, 3.8) is 0 Å². The van der Waals surface area contributed by atoms with E-state index in [0.717, 1.165) is 19.3 Å². The predicted molar refractivity (Wildman–Crippen MR) is 82.4 cm³/mol. The minimum atomic E-state index is -3.27. The van der Waals surface area contributed by atoms with E-state index >= 15 is 0 Å². The van der Waals surface area contributed by atoms with Crippen LogP contribution in [0, 0.1) is 0 Å². The van der Waals surface area contributed by atoms with Crippen LogP contribution in [0.15, 0.2) is 26.0 Å². The number of sulfone groups is 1. The summed E-state index contributed by atoms with van der Waals surface area (Å²) in [4.78, 5) is 0.299. The molecule has 1 rings (SSSR count). The lowest BCUT2D eigenvalue weighted by atomic mass is 10.2. The van der Waals surface area contributed by atoms with Gasteiger partial charge >= 0.3 is 0 Å². The number of hydrogen-bond acceptors (Lipinski definition) is 3. The lowest BCUT2D eigenvalue weighted by Gasteiger charge is -2.10. The van der Waals surface area contributed by atoms with Crippen LogP contribution >= 0.6 is 31.9 Å². The fraction of sp³-hybridized carbons (Fsp3) is 0.500. The first-order valence-electron chi connectivity index (χ1n) is 5.85. The summed E-state index contributed by atoms with van der Waals surface area (Å²) in [5, 5.41) is 0. The second-order valence-electron chi connectivity index (χ2n) is 4.19. The lowest BCUT2D eigenvalue weighted by molar-refractivity contribution is 0.588. The van der Waals surface area contributed by atoms with E-state index in [1.807, 2.05) is 0 Å². The average Bonchev–Trinajstić information content (AvgIpc) is 2.22. The molecular formula is C12H17Br2NO2S. The maximum Gasteiger partial charge on any atom is 0.180 e. The van der Waals surface area contributed by atoms with Crippen molar-refractivity contribution < 1.29 is 8.42 Å². The first-order valence-corrected chi connectivity index (χ1v) is 9.09. The number of hydrogen-bond donors (Lipinski definition) is 1. The third-order valence-corrected chi connectivity index (χ3v) is 6.26. The van der Waals surface area contributed by atoms with Gasteiger partial charge in [0.25, 0.3) is 0 Å². The van der Waals surface area contributed by atoms with E-state index in [9.17, 15) is 8.42 Å².